The SMILES string of the molecule is CC(C)(C)c1c[c-]c(-c2ccc([Si](C)(C)C)cn2)cc1.[Ir].[c-]1ccc2c(oc3ccccc32)c1-c1nc2ccccc2n1-c1cccc2c1oc1ccccc12. The van der Waals surface area contributed by atoms with Crippen LogP contribution in [-0.4, -0.2) is 22.6 Å². The monoisotopic (exact) mass is 924 g/mol. The van der Waals surface area contributed by atoms with Crippen LogP contribution >= 0.6 is 0 Å². The molecule has 0 spiro atoms. The number of imidazole rings is 1. The number of benzene rings is 6. The first-order chi connectivity index (χ1) is 26.5. The van der Waals surface area contributed by atoms with Crippen molar-refractivity contribution < 1.29 is 28.9 Å². The zero-order chi connectivity index (χ0) is 37.9. The number of para-hydroxylation sites is 5. The summed E-state index contributed by atoms with van der Waals surface area (Å²) in [5.41, 5.74) is 10.5. The summed E-state index contributed by atoms with van der Waals surface area (Å²) in [6, 6.07) is 52.2. The van der Waals surface area contributed by atoms with E-state index in [2.05, 4.69) is 135 Å². The van der Waals surface area contributed by atoms with Crippen molar-refractivity contribution in [3.63, 3.8) is 0 Å². The van der Waals surface area contributed by atoms with Crippen LogP contribution in [0.4, 0.5) is 0 Å². The molecule has 0 amide bonds. The molecule has 0 fully saturated rings. The van der Waals surface area contributed by atoms with Crippen molar-refractivity contribution in [2.45, 2.75) is 45.8 Å². The van der Waals surface area contributed by atoms with Crippen LogP contribution in [-0.2, 0) is 25.5 Å². The van der Waals surface area contributed by atoms with Crippen LogP contribution in [0.1, 0.15) is 26.3 Å². The molecule has 0 bridgehead atoms. The minimum Gasteiger partial charge on any atom is -0.501 e. The van der Waals surface area contributed by atoms with E-state index in [1.54, 1.807) is 0 Å². The molecule has 0 atom stereocenters. The van der Waals surface area contributed by atoms with Gasteiger partial charge in [0.1, 0.15) is 11.2 Å². The van der Waals surface area contributed by atoms with E-state index in [1.165, 1.54) is 10.8 Å². The number of hydrogen-bond donors (Lipinski definition) is 0. The molecule has 56 heavy (non-hydrogen) atoms. The Morgan fingerprint density at radius 1 is 0.643 bits per heavy atom. The number of rotatable bonds is 4. The van der Waals surface area contributed by atoms with Crippen LogP contribution in [0.15, 0.2) is 148 Å². The normalized spacial score (nSPS) is 12.0. The van der Waals surface area contributed by atoms with E-state index < -0.39 is 8.07 Å². The van der Waals surface area contributed by atoms with Crippen LogP contribution in [0.25, 0.3) is 83.2 Å². The quantitative estimate of drug-likeness (QED) is 0.130. The van der Waals surface area contributed by atoms with Crippen molar-refractivity contribution in [3.05, 3.63) is 157 Å². The van der Waals surface area contributed by atoms with E-state index >= 15 is 0 Å². The van der Waals surface area contributed by atoms with Gasteiger partial charge in [-0.05, 0) is 46.6 Å². The van der Waals surface area contributed by atoms with Crippen molar-refractivity contribution in [1.82, 2.24) is 14.5 Å². The van der Waals surface area contributed by atoms with E-state index in [1.807, 2.05) is 66.9 Å². The van der Waals surface area contributed by atoms with Gasteiger partial charge in [0.2, 0.25) is 0 Å². The summed E-state index contributed by atoms with van der Waals surface area (Å²) >= 11 is 0. The second kappa shape index (κ2) is 14.5. The molecule has 0 aliphatic heterocycles. The van der Waals surface area contributed by atoms with E-state index in [4.69, 9.17) is 13.8 Å². The first-order valence-corrected chi connectivity index (χ1v) is 22.2. The second-order valence-corrected chi connectivity index (χ2v) is 21.2. The van der Waals surface area contributed by atoms with Gasteiger partial charge in [-0.25, -0.2) is 0 Å². The van der Waals surface area contributed by atoms with E-state index in [-0.39, 0.29) is 25.5 Å². The van der Waals surface area contributed by atoms with Gasteiger partial charge in [0.05, 0.1) is 36.2 Å². The molecular formula is C49H41IrN3O2Si-2. The minimum absolute atomic E-state index is 0. The Hall–Kier alpha value is -5.59. The molecule has 0 saturated carbocycles. The van der Waals surface area contributed by atoms with Crippen LogP contribution in [0, 0.1) is 12.1 Å². The van der Waals surface area contributed by atoms with E-state index in [9.17, 15) is 0 Å². The van der Waals surface area contributed by atoms with Gasteiger partial charge in [-0.2, -0.15) is 0 Å². The van der Waals surface area contributed by atoms with Gasteiger partial charge < -0.3 is 18.4 Å². The third-order valence-electron chi connectivity index (χ3n) is 10.3. The first kappa shape index (κ1) is 37.3. The predicted molar refractivity (Wildman–Crippen MR) is 230 cm³/mol. The average molecular weight is 924 g/mol. The molecule has 4 aromatic heterocycles. The van der Waals surface area contributed by atoms with Gasteiger partial charge >= 0.3 is 0 Å². The van der Waals surface area contributed by atoms with Gasteiger partial charge in [-0.15, -0.1) is 53.6 Å². The number of pyridine rings is 1. The fraction of sp³-hybridized carbons (Fsp3) is 0.143. The standard InChI is InChI=1S/C31H17N2O2.C18H24NSi.Ir/c1-5-17-27-19(9-1)21-11-7-13-23(29(21)34-27)31-32-24-14-3-4-15-25(24)33(31)26-16-8-12-22-20-10-2-6-18-28(20)35-30(22)26;1-18(2,3)15-9-7-14(8-10-15)17-12-11-16(13-19-17)20(4,5)6;/h1-12,14-18H;7,9-13H,1-6H3;/q2*-1;. The number of hydrogen-bond acceptors (Lipinski definition) is 4. The molecule has 4 heterocycles. The topological polar surface area (TPSA) is 57.0 Å². The first-order valence-electron chi connectivity index (χ1n) is 18.7. The number of aromatic nitrogens is 3. The van der Waals surface area contributed by atoms with Crippen LogP contribution in [0.2, 0.25) is 19.6 Å². The predicted octanol–water partition coefficient (Wildman–Crippen LogP) is 12.7. The molecule has 0 aliphatic rings. The van der Waals surface area contributed by atoms with Gasteiger partial charge in [0.25, 0.3) is 0 Å². The van der Waals surface area contributed by atoms with Crippen LogP contribution in [0.3, 0.4) is 0 Å². The molecule has 0 aliphatic carbocycles. The average Bonchev–Trinajstić information content (AvgIpc) is 3.89. The van der Waals surface area contributed by atoms with Gasteiger partial charge in [-0.3, -0.25) is 4.98 Å². The molecule has 0 N–H and O–H groups in total. The van der Waals surface area contributed by atoms with E-state index in [0.717, 1.165) is 83.2 Å². The summed E-state index contributed by atoms with van der Waals surface area (Å²) in [5, 5.41) is 5.70. The molecule has 10 aromatic rings. The summed E-state index contributed by atoms with van der Waals surface area (Å²) in [6.45, 7) is 13.7. The summed E-state index contributed by atoms with van der Waals surface area (Å²) in [7, 11) is -1.26. The molecule has 0 unspecified atom stereocenters. The molecular weight excluding hydrogens is 883 g/mol. The number of nitrogens with zero attached hydrogens (tertiary/aromatic N) is 3. The largest absolute Gasteiger partial charge is 0.501 e. The van der Waals surface area contributed by atoms with Crippen molar-refractivity contribution in [2.24, 2.45) is 0 Å². The van der Waals surface area contributed by atoms with Gasteiger partial charge in [-0.1, -0.05) is 124 Å². The number of fused-ring (bicyclic) bond motifs is 7. The fourth-order valence-corrected chi connectivity index (χ4v) is 8.29. The zero-order valence-electron chi connectivity index (χ0n) is 32.3. The summed E-state index contributed by atoms with van der Waals surface area (Å²) in [6.07, 6.45) is 2.03. The van der Waals surface area contributed by atoms with Crippen molar-refractivity contribution in [3.8, 4) is 28.3 Å². The van der Waals surface area contributed by atoms with Crippen molar-refractivity contribution in [1.29, 1.82) is 0 Å². The fourth-order valence-electron chi connectivity index (χ4n) is 7.25. The van der Waals surface area contributed by atoms with E-state index in [0.29, 0.717) is 0 Å². The maximum absolute atomic E-state index is 6.40. The minimum atomic E-state index is -1.26. The summed E-state index contributed by atoms with van der Waals surface area (Å²) in [5.74, 6) is 0.767. The van der Waals surface area contributed by atoms with Crippen LogP contribution in [0.5, 0.6) is 0 Å². The third kappa shape index (κ3) is 6.70. The second-order valence-electron chi connectivity index (χ2n) is 16.1. The van der Waals surface area contributed by atoms with Gasteiger partial charge in [0, 0.05) is 42.5 Å². The van der Waals surface area contributed by atoms with Crippen molar-refractivity contribution in [2.75, 3.05) is 0 Å². The van der Waals surface area contributed by atoms with Gasteiger partial charge in [0.15, 0.2) is 5.58 Å². The Morgan fingerprint density at radius 2 is 1.30 bits per heavy atom. The Bertz CT molecular complexity index is 2940. The molecule has 1 radical (unpaired) electrons. The maximum atomic E-state index is 6.40. The Kier molecular flexibility index (Phi) is 9.66. The number of furan rings is 2. The molecule has 7 heteroatoms. The van der Waals surface area contributed by atoms with Crippen LogP contribution < -0.4 is 5.19 Å². The Morgan fingerprint density at radius 3 is 1.96 bits per heavy atom. The molecule has 6 aromatic carbocycles. The molecule has 5 nitrogen and oxygen atoms in total. The third-order valence-corrected chi connectivity index (χ3v) is 12.4. The molecule has 10 rings (SSSR count). The summed E-state index contributed by atoms with van der Waals surface area (Å²) < 4.78 is 14.9. The Labute approximate surface area is 341 Å². The smallest absolute Gasteiger partial charge is 0.158 e. The summed E-state index contributed by atoms with van der Waals surface area (Å²) in [4.78, 5) is 9.68. The zero-order valence-corrected chi connectivity index (χ0v) is 35.7. The molecule has 0 saturated heterocycles. The van der Waals surface area contributed by atoms with Crippen molar-refractivity contribution >= 4 is 68.2 Å². The molecule has 279 valence electrons. The maximum Gasteiger partial charge on any atom is 0.158 e. The Balaban J connectivity index is 0.000000181.